The molecule has 0 N–H and O–H groups in total. The summed E-state index contributed by atoms with van der Waals surface area (Å²) >= 11 is 0. The van der Waals surface area contributed by atoms with Crippen LogP contribution in [0.1, 0.15) is 80.8 Å². The minimum Gasteiger partial charge on any atom is -0.242 e. The summed E-state index contributed by atoms with van der Waals surface area (Å²) in [4.78, 5) is 0. The third-order valence-electron chi connectivity index (χ3n) is 4.30. The van der Waals surface area contributed by atoms with Crippen molar-refractivity contribution in [1.29, 1.82) is 0 Å². The van der Waals surface area contributed by atoms with Crippen molar-refractivity contribution in [2.24, 2.45) is 0 Å². The van der Waals surface area contributed by atoms with Crippen molar-refractivity contribution >= 4 is 24.2 Å². The van der Waals surface area contributed by atoms with Crippen molar-refractivity contribution < 1.29 is 4.21 Å². The molecule has 1 rings (SSSR count). The lowest BCUT2D eigenvalue weighted by molar-refractivity contribution is 0.419. The molecule has 4 heteroatoms. The Balaban J connectivity index is 3.43. The van der Waals surface area contributed by atoms with Gasteiger partial charge in [0.15, 0.2) is 0 Å². The minimum atomic E-state index is -1.04. The van der Waals surface area contributed by atoms with Gasteiger partial charge in [0.2, 0.25) is 0 Å². The zero-order valence-electron chi connectivity index (χ0n) is 18.1. The molecule has 25 heavy (non-hydrogen) atoms. The van der Waals surface area contributed by atoms with Crippen LogP contribution in [0.4, 0.5) is 0 Å². The van der Waals surface area contributed by atoms with Crippen LogP contribution < -0.4 is 5.30 Å². The van der Waals surface area contributed by atoms with E-state index in [4.69, 9.17) is 0 Å². The summed E-state index contributed by atoms with van der Waals surface area (Å²) in [6.45, 7) is 22.4. The first-order valence-electron chi connectivity index (χ1n) is 9.12. The molecular formula is C21H38NOPS. The smallest absolute Gasteiger partial charge is 0.1000 e. The Morgan fingerprint density at radius 3 is 1.76 bits per heavy atom. The Morgan fingerprint density at radius 2 is 1.36 bits per heavy atom. The van der Waals surface area contributed by atoms with E-state index in [9.17, 15) is 4.21 Å². The summed E-state index contributed by atoms with van der Waals surface area (Å²) < 4.78 is 14.7. The van der Waals surface area contributed by atoms with Gasteiger partial charge in [0.05, 0.1) is 15.7 Å². The molecule has 2 unspecified atom stereocenters. The fraction of sp³-hybridized carbons (Fsp3) is 0.714. The van der Waals surface area contributed by atoms with Gasteiger partial charge >= 0.3 is 0 Å². The van der Waals surface area contributed by atoms with Crippen molar-refractivity contribution in [2.45, 2.75) is 90.3 Å². The Hall–Kier alpha value is -0.240. The number of hydrogen-bond donors (Lipinski definition) is 0. The summed E-state index contributed by atoms with van der Waals surface area (Å²) in [5.74, 6) is 0. The Morgan fingerprint density at radius 1 is 0.920 bits per heavy atom. The molecule has 0 aliphatic carbocycles. The van der Waals surface area contributed by atoms with Gasteiger partial charge in [-0.05, 0) is 48.9 Å². The number of rotatable bonds is 4. The minimum absolute atomic E-state index is 0.117. The van der Waals surface area contributed by atoms with Gasteiger partial charge in [0.1, 0.15) is 0 Å². The number of benzene rings is 1. The average Bonchev–Trinajstić information content (AvgIpc) is 2.41. The lowest BCUT2D eigenvalue weighted by Crippen LogP contribution is -2.39. The van der Waals surface area contributed by atoms with Crippen LogP contribution in [0.15, 0.2) is 24.3 Å². The van der Waals surface area contributed by atoms with E-state index in [2.05, 4.69) is 72.7 Å². The summed E-state index contributed by atoms with van der Waals surface area (Å²) in [7, 11) is 0.561. The molecule has 0 aliphatic heterocycles. The van der Waals surface area contributed by atoms with Gasteiger partial charge in [-0.2, -0.15) is 0 Å². The maximum Gasteiger partial charge on any atom is 0.1000 e. The maximum absolute atomic E-state index is 12.9. The van der Waals surface area contributed by atoms with Gasteiger partial charge in [-0.25, -0.2) is 8.51 Å². The van der Waals surface area contributed by atoms with Gasteiger partial charge < -0.3 is 0 Å². The van der Waals surface area contributed by atoms with E-state index in [0.717, 1.165) is 0 Å². The van der Waals surface area contributed by atoms with Crippen LogP contribution in [-0.2, 0) is 11.0 Å². The molecule has 2 nitrogen and oxygen atoms in total. The van der Waals surface area contributed by atoms with E-state index in [0.29, 0.717) is 0 Å². The molecular weight excluding hydrogens is 345 g/mol. The molecule has 0 bridgehead atoms. The van der Waals surface area contributed by atoms with E-state index < -0.39 is 11.0 Å². The molecule has 0 heterocycles. The van der Waals surface area contributed by atoms with Gasteiger partial charge in [0, 0.05) is 13.1 Å². The van der Waals surface area contributed by atoms with Crippen LogP contribution in [0.3, 0.4) is 0 Å². The first-order chi connectivity index (χ1) is 11.1. The van der Waals surface area contributed by atoms with Crippen molar-refractivity contribution in [2.75, 3.05) is 7.05 Å². The zero-order chi connectivity index (χ0) is 19.8. The number of nitrogens with zero attached hydrogens (tertiary/aromatic N) is 1. The maximum atomic E-state index is 12.9. The Bertz CT molecular complexity index is 594. The second-order valence-corrected chi connectivity index (χ2v) is 16.0. The molecule has 0 aliphatic rings. The van der Waals surface area contributed by atoms with Crippen LogP contribution >= 0.6 is 7.92 Å². The van der Waals surface area contributed by atoms with E-state index in [1.54, 1.807) is 0 Å². The largest absolute Gasteiger partial charge is 0.242 e. The van der Waals surface area contributed by atoms with Gasteiger partial charge in [-0.3, -0.25) is 0 Å². The second-order valence-electron chi connectivity index (χ2n) is 9.82. The summed E-state index contributed by atoms with van der Waals surface area (Å²) in [6.07, 6.45) is 0. The van der Waals surface area contributed by atoms with Crippen LogP contribution in [0, 0.1) is 0 Å². The molecule has 0 fully saturated rings. The SMILES string of the molecule is CC(c1ccccc1P(C(C)(C)C)C(C)(C)C)N(C)S(=O)C(C)(C)C. The third kappa shape index (κ3) is 5.62. The normalized spacial score (nSPS) is 16.4. The molecule has 144 valence electrons. The summed E-state index contributed by atoms with van der Waals surface area (Å²) in [6, 6.07) is 8.90. The van der Waals surface area contributed by atoms with Gasteiger partial charge in [0.25, 0.3) is 0 Å². The molecule has 0 saturated carbocycles. The van der Waals surface area contributed by atoms with Crippen LogP contribution in [-0.4, -0.2) is 30.6 Å². The third-order valence-corrected chi connectivity index (χ3v) is 9.76. The molecule has 1 aromatic rings. The van der Waals surface area contributed by atoms with Crippen molar-refractivity contribution in [1.82, 2.24) is 4.31 Å². The molecule has 0 aromatic heterocycles. The highest BCUT2D eigenvalue weighted by atomic mass is 32.2. The predicted molar refractivity (Wildman–Crippen MR) is 117 cm³/mol. The molecule has 1 aromatic carbocycles. The lowest BCUT2D eigenvalue weighted by atomic mass is 10.1. The van der Waals surface area contributed by atoms with Gasteiger partial charge in [-0.15, -0.1) is 0 Å². The highest BCUT2D eigenvalue weighted by Crippen LogP contribution is 2.59. The van der Waals surface area contributed by atoms with Gasteiger partial charge in [-0.1, -0.05) is 73.7 Å². The molecule has 0 radical (unpaired) electrons. The monoisotopic (exact) mass is 383 g/mol. The van der Waals surface area contributed by atoms with Crippen LogP contribution in [0.5, 0.6) is 0 Å². The first kappa shape index (κ1) is 22.8. The second kappa shape index (κ2) is 7.79. The fourth-order valence-electron chi connectivity index (χ4n) is 3.54. The van der Waals surface area contributed by atoms with Crippen LogP contribution in [0.2, 0.25) is 0 Å². The summed E-state index contributed by atoms with van der Waals surface area (Å²) in [5.41, 5.74) is 1.32. The molecule has 2 atom stereocenters. The average molecular weight is 384 g/mol. The van der Waals surface area contributed by atoms with Crippen molar-refractivity contribution in [3.05, 3.63) is 29.8 Å². The Kier molecular flexibility index (Phi) is 7.10. The first-order valence-corrected chi connectivity index (χ1v) is 11.6. The fourth-order valence-corrected chi connectivity index (χ4v) is 9.02. The highest BCUT2D eigenvalue weighted by Gasteiger charge is 2.38. The molecule has 0 amide bonds. The summed E-state index contributed by atoms with van der Waals surface area (Å²) in [5, 5.41) is 1.87. The van der Waals surface area contributed by atoms with Crippen molar-refractivity contribution in [3.8, 4) is 0 Å². The standard InChI is InChI=1S/C21H38NOPS/c1-16(22(11)25(23)21(8,9)10)17-14-12-13-15-18(17)24(19(2,3)4)20(5,6)7/h12-16H,1-11H3. The van der Waals surface area contributed by atoms with E-state index in [1.165, 1.54) is 10.9 Å². The van der Waals surface area contributed by atoms with E-state index >= 15 is 0 Å². The predicted octanol–water partition coefficient (Wildman–Crippen LogP) is 5.85. The van der Waals surface area contributed by atoms with E-state index in [1.807, 2.05) is 32.1 Å². The lowest BCUT2D eigenvalue weighted by Gasteiger charge is -2.43. The quantitative estimate of drug-likeness (QED) is 0.598. The van der Waals surface area contributed by atoms with Crippen molar-refractivity contribution in [3.63, 3.8) is 0 Å². The topological polar surface area (TPSA) is 20.3 Å². The molecule has 0 saturated heterocycles. The molecule has 0 spiro atoms. The Labute approximate surface area is 160 Å². The van der Waals surface area contributed by atoms with E-state index in [-0.39, 0.29) is 29.0 Å². The highest BCUT2D eigenvalue weighted by molar-refractivity contribution is 7.84. The zero-order valence-corrected chi connectivity index (χ0v) is 19.8. The van der Waals surface area contributed by atoms with Crippen LogP contribution in [0.25, 0.3) is 0 Å². The number of hydrogen-bond acceptors (Lipinski definition) is 1.